The molecule has 2 heterocycles. The van der Waals surface area contributed by atoms with Crippen molar-refractivity contribution in [1.82, 2.24) is 14.8 Å². The Hall–Kier alpha value is -1.84. The van der Waals surface area contributed by atoms with E-state index in [1.165, 1.54) is 0 Å². The third-order valence-electron chi connectivity index (χ3n) is 2.75. The highest BCUT2D eigenvalue weighted by Gasteiger charge is 2.07. The van der Waals surface area contributed by atoms with Gasteiger partial charge in [-0.25, -0.2) is 0 Å². The van der Waals surface area contributed by atoms with Crippen LogP contribution in [0.2, 0.25) is 0 Å². The fourth-order valence-corrected chi connectivity index (χ4v) is 1.66. The summed E-state index contributed by atoms with van der Waals surface area (Å²) in [6, 6.07) is 0. The van der Waals surface area contributed by atoms with Gasteiger partial charge in [0.15, 0.2) is 0 Å². The Morgan fingerprint density at radius 1 is 1.25 bits per heavy atom. The van der Waals surface area contributed by atoms with E-state index >= 15 is 0 Å². The molecule has 16 heavy (non-hydrogen) atoms. The summed E-state index contributed by atoms with van der Waals surface area (Å²) in [5, 5.41) is 4.24. The Morgan fingerprint density at radius 3 is 2.62 bits per heavy atom. The molecule has 0 saturated carbocycles. The minimum absolute atomic E-state index is 0.671. The smallest absolute Gasteiger partial charge is 0.0834 e. The highest BCUT2D eigenvalue weighted by atomic mass is 15.3. The molecule has 2 rings (SSSR count). The van der Waals surface area contributed by atoms with Crippen molar-refractivity contribution < 1.29 is 0 Å². The van der Waals surface area contributed by atoms with E-state index in [1.807, 2.05) is 44.0 Å². The van der Waals surface area contributed by atoms with Gasteiger partial charge in [-0.05, 0) is 37.5 Å². The summed E-state index contributed by atoms with van der Waals surface area (Å²) >= 11 is 0. The van der Waals surface area contributed by atoms with Gasteiger partial charge in [-0.3, -0.25) is 9.67 Å². The molecule has 84 valence electrons. The van der Waals surface area contributed by atoms with Gasteiger partial charge >= 0.3 is 0 Å². The van der Waals surface area contributed by atoms with Crippen LogP contribution in [-0.2, 0) is 6.54 Å². The van der Waals surface area contributed by atoms with Crippen LogP contribution in [-0.4, -0.2) is 14.8 Å². The standard InChI is InChI=1S/C12H16N4/c1-8-4-15-16(6-8)7-11-10(3)12(13)9(2)5-14-11/h4-6H,7H2,1-3H3,(H2,13,14). The lowest BCUT2D eigenvalue weighted by atomic mass is 10.1. The van der Waals surface area contributed by atoms with Crippen molar-refractivity contribution in [2.24, 2.45) is 0 Å². The predicted octanol–water partition coefficient (Wildman–Crippen LogP) is 1.83. The molecule has 0 aliphatic heterocycles. The zero-order chi connectivity index (χ0) is 11.7. The number of aromatic nitrogens is 3. The molecule has 2 aromatic heterocycles. The number of rotatable bonds is 2. The predicted molar refractivity (Wildman–Crippen MR) is 64.2 cm³/mol. The van der Waals surface area contributed by atoms with Gasteiger partial charge in [0, 0.05) is 18.1 Å². The minimum Gasteiger partial charge on any atom is -0.398 e. The molecule has 0 aliphatic rings. The molecule has 2 aromatic rings. The fourth-order valence-electron chi connectivity index (χ4n) is 1.66. The number of hydrogen-bond donors (Lipinski definition) is 1. The maximum absolute atomic E-state index is 5.97. The second kappa shape index (κ2) is 3.96. The SMILES string of the molecule is Cc1cnn(Cc2ncc(C)c(N)c2C)c1. The van der Waals surface area contributed by atoms with Gasteiger partial charge in [-0.2, -0.15) is 5.10 Å². The van der Waals surface area contributed by atoms with E-state index < -0.39 is 0 Å². The van der Waals surface area contributed by atoms with Gasteiger partial charge in [0.2, 0.25) is 0 Å². The van der Waals surface area contributed by atoms with Gasteiger partial charge in [0.25, 0.3) is 0 Å². The third-order valence-corrected chi connectivity index (χ3v) is 2.75. The fraction of sp³-hybridized carbons (Fsp3) is 0.333. The largest absolute Gasteiger partial charge is 0.398 e. The van der Waals surface area contributed by atoms with Crippen molar-refractivity contribution in [2.75, 3.05) is 5.73 Å². The molecule has 0 amide bonds. The van der Waals surface area contributed by atoms with E-state index in [0.717, 1.165) is 28.1 Å². The molecule has 0 spiro atoms. The van der Waals surface area contributed by atoms with E-state index in [1.54, 1.807) is 0 Å². The van der Waals surface area contributed by atoms with Crippen LogP contribution in [0.1, 0.15) is 22.4 Å². The number of nitrogen functional groups attached to an aromatic ring is 1. The van der Waals surface area contributed by atoms with E-state index in [9.17, 15) is 0 Å². The molecule has 0 radical (unpaired) electrons. The Kier molecular flexibility index (Phi) is 2.64. The number of aryl methyl sites for hydroxylation is 2. The molecule has 0 bridgehead atoms. The van der Waals surface area contributed by atoms with Crippen LogP contribution in [0.25, 0.3) is 0 Å². The molecule has 0 saturated heterocycles. The lowest BCUT2D eigenvalue weighted by Gasteiger charge is -2.09. The van der Waals surface area contributed by atoms with Crippen LogP contribution in [0, 0.1) is 20.8 Å². The molecular weight excluding hydrogens is 200 g/mol. The second-order valence-electron chi connectivity index (χ2n) is 4.14. The summed E-state index contributed by atoms with van der Waals surface area (Å²) in [7, 11) is 0. The van der Waals surface area contributed by atoms with Crippen LogP contribution < -0.4 is 5.73 Å². The van der Waals surface area contributed by atoms with Crippen molar-refractivity contribution in [3.63, 3.8) is 0 Å². The van der Waals surface area contributed by atoms with Crippen molar-refractivity contribution in [1.29, 1.82) is 0 Å². The first-order chi connectivity index (χ1) is 7.58. The van der Waals surface area contributed by atoms with Gasteiger partial charge in [-0.1, -0.05) is 0 Å². The Balaban J connectivity index is 2.32. The van der Waals surface area contributed by atoms with E-state index in [4.69, 9.17) is 5.73 Å². The van der Waals surface area contributed by atoms with Gasteiger partial charge in [0.1, 0.15) is 0 Å². The first kappa shape index (κ1) is 10.7. The monoisotopic (exact) mass is 216 g/mol. The van der Waals surface area contributed by atoms with Crippen molar-refractivity contribution >= 4 is 5.69 Å². The Labute approximate surface area is 95.1 Å². The maximum atomic E-state index is 5.97. The molecule has 0 aliphatic carbocycles. The molecule has 0 unspecified atom stereocenters. The first-order valence-electron chi connectivity index (χ1n) is 5.27. The molecule has 0 aromatic carbocycles. The number of pyridine rings is 1. The summed E-state index contributed by atoms with van der Waals surface area (Å²) in [5.41, 5.74) is 11.0. The average molecular weight is 216 g/mol. The van der Waals surface area contributed by atoms with Gasteiger partial charge < -0.3 is 5.73 Å². The van der Waals surface area contributed by atoms with Crippen LogP contribution in [0.15, 0.2) is 18.6 Å². The number of hydrogen-bond acceptors (Lipinski definition) is 3. The van der Waals surface area contributed by atoms with Crippen LogP contribution in [0.5, 0.6) is 0 Å². The molecule has 2 N–H and O–H groups in total. The summed E-state index contributed by atoms with van der Waals surface area (Å²) in [6.45, 7) is 6.66. The summed E-state index contributed by atoms with van der Waals surface area (Å²) < 4.78 is 1.87. The number of nitrogens with two attached hydrogens (primary N) is 1. The zero-order valence-electron chi connectivity index (χ0n) is 9.86. The Morgan fingerprint density at radius 2 is 2.00 bits per heavy atom. The van der Waals surface area contributed by atoms with E-state index in [0.29, 0.717) is 6.54 Å². The summed E-state index contributed by atoms with van der Waals surface area (Å²) in [5.74, 6) is 0. The third kappa shape index (κ3) is 1.91. The lowest BCUT2D eigenvalue weighted by molar-refractivity contribution is 0.669. The Bertz CT molecular complexity index is 514. The topological polar surface area (TPSA) is 56.7 Å². The number of anilines is 1. The summed E-state index contributed by atoms with van der Waals surface area (Å²) in [6.07, 6.45) is 5.65. The van der Waals surface area contributed by atoms with Gasteiger partial charge in [0.05, 0.1) is 18.4 Å². The number of nitrogens with zero attached hydrogens (tertiary/aromatic N) is 3. The van der Waals surface area contributed by atoms with Crippen molar-refractivity contribution in [3.05, 3.63) is 41.0 Å². The normalized spacial score (nSPS) is 10.7. The molecule has 4 heteroatoms. The van der Waals surface area contributed by atoms with E-state index in [2.05, 4.69) is 10.1 Å². The van der Waals surface area contributed by atoms with Crippen LogP contribution in [0.3, 0.4) is 0 Å². The highest BCUT2D eigenvalue weighted by molar-refractivity contribution is 5.53. The molecular formula is C12H16N4. The quantitative estimate of drug-likeness (QED) is 0.833. The second-order valence-corrected chi connectivity index (χ2v) is 4.14. The van der Waals surface area contributed by atoms with Crippen molar-refractivity contribution in [3.8, 4) is 0 Å². The van der Waals surface area contributed by atoms with Gasteiger partial charge in [-0.15, -0.1) is 0 Å². The first-order valence-corrected chi connectivity index (χ1v) is 5.27. The average Bonchev–Trinajstić information content (AvgIpc) is 2.65. The van der Waals surface area contributed by atoms with Crippen molar-refractivity contribution in [2.45, 2.75) is 27.3 Å². The maximum Gasteiger partial charge on any atom is 0.0834 e. The molecule has 0 fully saturated rings. The lowest BCUT2D eigenvalue weighted by Crippen LogP contribution is -2.07. The minimum atomic E-state index is 0.671. The van der Waals surface area contributed by atoms with Crippen LogP contribution >= 0.6 is 0 Å². The highest BCUT2D eigenvalue weighted by Crippen LogP contribution is 2.18. The molecule has 4 nitrogen and oxygen atoms in total. The van der Waals surface area contributed by atoms with E-state index in [-0.39, 0.29) is 0 Å². The summed E-state index contributed by atoms with van der Waals surface area (Å²) in [4.78, 5) is 4.40. The molecule has 0 atom stereocenters. The van der Waals surface area contributed by atoms with Crippen LogP contribution in [0.4, 0.5) is 5.69 Å². The zero-order valence-corrected chi connectivity index (χ0v) is 9.86.